The molecule has 1 fully saturated rings. The molecule has 0 aliphatic carbocycles. The van der Waals surface area contributed by atoms with E-state index in [0.29, 0.717) is 23.6 Å². The minimum atomic E-state index is -3.97. The van der Waals surface area contributed by atoms with Crippen molar-refractivity contribution >= 4 is 33.4 Å². The minimum Gasteiger partial charge on any atom is -0.396 e. The van der Waals surface area contributed by atoms with E-state index in [2.05, 4.69) is 10.0 Å². The molecular weight excluding hydrogens is 637 g/mol. The fourth-order valence-corrected chi connectivity index (χ4v) is 7.23. The van der Waals surface area contributed by atoms with Crippen molar-refractivity contribution in [2.75, 3.05) is 23.4 Å². The van der Waals surface area contributed by atoms with Gasteiger partial charge < -0.3 is 25.0 Å². The van der Waals surface area contributed by atoms with Crippen LogP contribution in [0.4, 0.5) is 5.69 Å². The largest absolute Gasteiger partial charge is 0.396 e. The summed E-state index contributed by atoms with van der Waals surface area (Å²) in [5.74, 6) is 0.818. The van der Waals surface area contributed by atoms with Gasteiger partial charge in [-0.1, -0.05) is 84.4 Å². The first-order valence-corrected chi connectivity index (χ1v) is 18.1. The van der Waals surface area contributed by atoms with Crippen molar-refractivity contribution in [3.63, 3.8) is 0 Å². The van der Waals surface area contributed by atoms with Crippen molar-refractivity contribution in [2.45, 2.75) is 55.8 Å². The minimum absolute atomic E-state index is 0.0352. The van der Waals surface area contributed by atoms with E-state index >= 15 is 0 Å². The number of carbonyl (C=O) groups is 1. The van der Waals surface area contributed by atoms with Gasteiger partial charge in [0.25, 0.3) is 0 Å². The maximum Gasteiger partial charge on any atom is 0.242 e. The molecule has 1 aliphatic rings. The standard InChI is InChI=1S/C36H40N2O7S2/c1-25-7-17-32(18-8-25)47(42,43)38-33(21-26-5-3-2-4-6-26)35(41)37-30-15-13-29(14-16-30)36-44-31(24-46-20-19-39)22-34(45-36)28-11-9-27(23-40)10-12-28/h2-18,31,33-34,36,38-40H,19-24H2,1H3,(H,37,41)/t31-,33-,34+,36+/m1/s1. The van der Waals surface area contributed by atoms with Gasteiger partial charge in [0.2, 0.25) is 15.9 Å². The molecule has 0 unspecified atom stereocenters. The Hall–Kier alpha value is -3.55. The number of anilines is 1. The van der Waals surface area contributed by atoms with E-state index in [-0.39, 0.29) is 36.7 Å². The zero-order chi connectivity index (χ0) is 33.2. The van der Waals surface area contributed by atoms with E-state index in [1.165, 1.54) is 12.1 Å². The lowest BCUT2D eigenvalue weighted by Crippen LogP contribution is -2.45. The van der Waals surface area contributed by atoms with Gasteiger partial charge in [0.1, 0.15) is 6.04 Å². The molecule has 0 saturated carbocycles. The summed E-state index contributed by atoms with van der Waals surface area (Å²) < 4.78 is 41.8. The predicted octanol–water partition coefficient (Wildman–Crippen LogP) is 5.29. The number of rotatable bonds is 14. The number of aryl methyl sites for hydroxylation is 1. The number of benzene rings is 4. The number of hydrogen-bond acceptors (Lipinski definition) is 8. The second kappa shape index (κ2) is 16.5. The van der Waals surface area contributed by atoms with Crippen LogP contribution in [0.1, 0.15) is 46.6 Å². The molecule has 5 rings (SSSR count). The zero-order valence-electron chi connectivity index (χ0n) is 26.1. The lowest BCUT2D eigenvalue weighted by Gasteiger charge is -2.36. The van der Waals surface area contributed by atoms with Crippen LogP contribution in [0.25, 0.3) is 0 Å². The molecule has 11 heteroatoms. The maximum absolute atomic E-state index is 13.6. The van der Waals surface area contributed by atoms with Crippen LogP contribution in [-0.4, -0.2) is 54.8 Å². The van der Waals surface area contributed by atoms with Gasteiger partial charge in [-0.15, -0.1) is 0 Å². The number of carbonyl (C=O) groups excluding carboxylic acids is 1. The molecule has 1 saturated heterocycles. The third-order valence-electron chi connectivity index (χ3n) is 7.83. The average Bonchev–Trinajstić information content (AvgIpc) is 3.09. The Labute approximate surface area is 280 Å². The Morgan fingerprint density at radius 1 is 0.872 bits per heavy atom. The van der Waals surface area contributed by atoms with Crippen LogP contribution in [-0.2, 0) is 37.3 Å². The summed E-state index contributed by atoms with van der Waals surface area (Å²) in [4.78, 5) is 13.6. The van der Waals surface area contributed by atoms with E-state index in [0.717, 1.165) is 27.8 Å². The molecule has 1 heterocycles. The van der Waals surface area contributed by atoms with E-state index in [1.54, 1.807) is 36.0 Å². The van der Waals surface area contributed by atoms with Crippen molar-refractivity contribution in [3.05, 3.63) is 131 Å². The van der Waals surface area contributed by atoms with Crippen LogP contribution in [0.2, 0.25) is 0 Å². The highest BCUT2D eigenvalue weighted by Gasteiger charge is 2.32. The number of ether oxygens (including phenoxy) is 2. The lowest BCUT2D eigenvalue weighted by molar-refractivity contribution is -0.245. The topological polar surface area (TPSA) is 134 Å². The van der Waals surface area contributed by atoms with Crippen molar-refractivity contribution < 1.29 is 32.9 Å². The van der Waals surface area contributed by atoms with Crippen molar-refractivity contribution in [3.8, 4) is 0 Å². The molecule has 248 valence electrons. The number of amides is 1. The van der Waals surface area contributed by atoms with Crippen LogP contribution in [0.3, 0.4) is 0 Å². The molecule has 4 N–H and O–H groups in total. The van der Waals surface area contributed by atoms with Gasteiger partial charge in [0.15, 0.2) is 6.29 Å². The highest BCUT2D eigenvalue weighted by atomic mass is 32.2. The Balaban J connectivity index is 1.31. The van der Waals surface area contributed by atoms with Crippen molar-refractivity contribution in [1.82, 2.24) is 4.72 Å². The molecule has 0 bridgehead atoms. The number of sulfonamides is 1. The van der Waals surface area contributed by atoms with Gasteiger partial charge in [0.05, 0.1) is 30.3 Å². The summed E-state index contributed by atoms with van der Waals surface area (Å²) in [7, 11) is -3.97. The fraction of sp³-hybridized carbons (Fsp3) is 0.306. The first kappa shape index (κ1) is 34.8. The van der Waals surface area contributed by atoms with Gasteiger partial charge in [-0.3, -0.25) is 4.79 Å². The molecule has 1 amide bonds. The van der Waals surface area contributed by atoms with Gasteiger partial charge >= 0.3 is 0 Å². The number of aliphatic hydroxyl groups excluding tert-OH is 2. The molecule has 0 aromatic heterocycles. The summed E-state index contributed by atoms with van der Waals surface area (Å²) in [6, 6.07) is 29.4. The second-order valence-electron chi connectivity index (χ2n) is 11.4. The molecular formula is C36H40N2O7S2. The number of nitrogens with one attached hydrogen (secondary N) is 2. The third kappa shape index (κ3) is 9.74. The fourth-order valence-electron chi connectivity index (χ4n) is 5.27. The summed E-state index contributed by atoms with van der Waals surface area (Å²) in [5.41, 5.74) is 4.80. The van der Waals surface area contributed by atoms with E-state index in [4.69, 9.17) is 9.47 Å². The number of aliphatic hydroxyl groups is 2. The summed E-state index contributed by atoms with van der Waals surface area (Å²) >= 11 is 1.62. The number of thioether (sulfide) groups is 1. The zero-order valence-corrected chi connectivity index (χ0v) is 27.8. The summed E-state index contributed by atoms with van der Waals surface area (Å²) in [6.07, 6.45) is -0.213. The Morgan fingerprint density at radius 3 is 2.21 bits per heavy atom. The van der Waals surface area contributed by atoms with E-state index < -0.39 is 28.3 Å². The molecule has 0 spiro atoms. The second-order valence-corrected chi connectivity index (χ2v) is 14.3. The van der Waals surface area contributed by atoms with Crippen LogP contribution >= 0.6 is 11.8 Å². The summed E-state index contributed by atoms with van der Waals surface area (Å²) in [6.45, 7) is 1.93. The summed E-state index contributed by atoms with van der Waals surface area (Å²) in [5, 5.41) is 21.6. The molecule has 4 atom stereocenters. The number of hydrogen-bond donors (Lipinski definition) is 4. The predicted molar refractivity (Wildman–Crippen MR) is 183 cm³/mol. The third-order valence-corrected chi connectivity index (χ3v) is 10.4. The highest BCUT2D eigenvalue weighted by molar-refractivity contribution is 7.99. The molecule has 0 radical (unpaired) electrons. The Bertz CT molecular complexity index is 1680. The molecule has 9 nitrogen and oxygen atoms in total. The first-order chi connectivity index (χ1) is 22.7. The van der Waals surface area contributed by atoms with Crippen molar-refractivity contribution in [1.29, 1.82) is 0 Å². The Kier molecular flexibility index (Phi) is 12.2. The van der Waals surface area contributed by atoms with Crippen LogP contribution in [0.5, 0.6) is 0 Å². The van der Waals surface area contributed by atoms with E-state index in [9.17, 15) is 23.4 Å². The molecule has 47 heavy (non-hydrogen) atoms. The van der Waals surface area contributed by atoms with Gasteiger partial charge in [-0.25, -0.2) is 8.42 Å². The van der Waals surface area contributed by atoms with Crippen molar-refractivity contribution in [2.24, 2.45) is 0 Å². The van der Waals surface area contributed by atoms with Gasteiger partial charge in [0, 0.05) is 29.2 Å². The molecule has 1 aliphatic heterocycles. The van der Waals surface area contributed by atoms with Crippen LogP contribution in [0.15, 0.2) is 108 Å². The van der Waals surface area contributed by atoms with E-state index in [1.807, 2.05) is 73.7 Å². The van der Waals surface area contributed by atoms with Gasteiger partial charge in [-0.05, 0) is 54.3 Å². The van der Waals surface area contributed by atoms with Gasteiger partial charge in [-0.2, -0.15) is 16.5 Å². The van der Waals surface area contributed by atoms with Crippen LogP contribution in [0, 0.1) is 6.92 Å². The molecule has 4 aromatic rings. The highest BCUT2D eigenvalue weighted by Crippen LogP contribution is 2.39. The normalized spacial score (nSPS) is 18.8. The first-order valence-electron chi connectivity index (χ1n) is 15.5. The Morgan fingerprint density at radius 2 is 1.55 bits per heavy atom. The smallest absolute Gasteiger partial charge is 0.242 e. The van der Waals surface area contributed by atoms with Crippen LogP contribution < -0.4 is 10.0 Å². The lowest BCUT2D eigenvalue weighted by atomic mass is 10.0. The maximum atomic E-state index is 13.6. The SMILES string of the molecule is Cc1ccc(S(=O)(=O)N[C@H](Cc2ccccc2)C(=O)Nc2ccc([C@H]3O[C@@H](CSCCO)C[C@@H](c4ccc(CO)cc4)O3)cc2)cc1. The quantitative estimate of drug-likeness (QED) is 0.133. The monoisotopic (exact) mass is 676 g/mol. The molecule has 4 aromatic carbocycles. The average molecular weight is 677 g/mol.